The Morgan fingerprint density at radius 1 is 1.57 bits per heavy atom. The maximum atomic E-state index is 11.7. The lowest BCUT2D eigenvalue weighted by Crippen LogP contribution is -2.36. The third-order valence-corrected chi connectivity index (χ3v) is 4.42. The zero-order valence-corrected chi connectivity index (χ0v) is 9.26. The topological polar surface area (TPSA) is 61.2 Å². The molecular weight excluding hydrogens is 200 g/mol. The monoisotopic (exact) mass is 216 g/mol. The van der Waals surface area contributed by atoms with Crippen LogP contribution in [0.4, 0.5) is 0 Å². The summed E-state index contributed by atoms with van der Waals surface area (Å²) in [6, 6.07) is 1.62. The Hall–Kier alpha value is -0.600. The normalized spacial score (nSPS) is 23.6. The first-order valence-electron chi connectivity index (χ1n) is 5.01. The van der Waals surface area contributed by atoms with E-state index in [0.29, 0.717) is 19.4 Å². The number of hydrogen-bond donors (Lipinski definition) is 0. The van der Waals surface area contributed by atoms with Crippen LogP contribution in [-0.4, -0.2) is 31.1 Å². The van der Waals surface area contributed by atoms with Gasteiger partial charge in [-0.05, 0) is 19.3 Å². The van der Waals surface area contributed by atoms with Crippen LogP contribution in [-0.2, 0) is 10.0 Å². The summed E-state index contributed by atoms with van der Waals surface area (Å²) in [7, 11) is -3.17. The molecule has 1 heterocycles. The molecular formula is C9H16N2O2S. The molecule has 0 radical (unpaired) electrons. The summed E-state index contributed by atoms with van der Waals surface area (Å²) in [5, 5.41) is 8.77. The highest BCUT2D eigenvalue weighted by molar-refractivity contribution is 7.89. The molecule has 1 rings (SSSR count). The SMILES string of the molecule is CCCCS(=O)(=O)N1CCC[C@@H]1C#N. The summed E-state index contributed by atoms with van der Waals surface area (Å²) < 4.78 is 24.8. The Labute approximate surface area is 85.6 Å². The Morgan fingerprint density at radius 2 is 2.29 bits per heavy atom. The van der Waals surface area contributed by atoms with E-state index in [2.05, 4.69) is 0 Å². The van der Waals surface area contributed by atoms with Gasteiger partial charge in [0.1, 0.15) is 6.04 Å². The molecule has 1 aliphatic heterocycles. The lowest BCUT2D eigenvalue weighted by atomic mass is 10.2. The lowest BCUT2D eigenvalue weighted by Gasteiger charge is -2.18. The molecule has 14 heavy (non-hydrogen) atoms. The van der Waals surface area contributed by atoms with E-state index in [-0.39, 0.29) is 5.75 Å². The highest BCUT2D eigenvalue weighted by atomic mass is 32.2. The number of nitrogens with zero attached hydrogens (tertiary/aromatic N) is 2. The van der Waals surface area contributed by atoms with Gasteiger partial charge < -0.3 is 0 Å². The van der Waals surface area contributed by atoms with Crippen molar-refractivity contribution < 1.29 is 8.42 Å². The van der Waals surface area contributed by atoms with Crippen molar-refractivity contribution in [2.75, 3.05) is 12.3 Å². The molecule has 0 aliphatic carbocycles. The van der Waals surface area contributed by atoms with Gasteiger partial charge in [0.05, 0.1) is 11.8 Å². The first kappa shape index (κ1) is 11.5. The third kappa shape index (κ3) is 2.46. The summed E-state index contributed by atoms with van der Waals surface area (Å²) in [5.41, 5.74) is 0. The Kier molecular flexibility index (Phi) is 3.90. The number of sulfonamides is 1. The van der Waals surface area contributed by atoms with Crippen LogP contribution in [0.2, 0.25) is 0 Å². The minimum Gasteiger partial charge on any atom is -0.212 e. The van der Waals surface area contributed by atoms with Gasteiger partial charge in [0.25, 0.3) is 0 Å². The van der Waals surface area contributed by atoms with Gasteiger partial charge >= 0.3 is 0 Å². The van der Waals surface area contributed by atoms with E-state index in [1.54, 1.807) is 0 Å². The fourth-order valence-corrected chi connectivity index (χ4v) is 3.48. The van der Waals surface area contributed by atoms with Gasteiger partial charge in [0.2, 0.25) is 10.0 Å². The molecule has 80 valence electrons. The van der Waals surface area contributed by atoms with Crippen molar-refractivity contribution in [3.63, 3.8) is 0 Å². The number of unbranched alkanes of at least 4 members (excludes halogenated alkanes) is 1. The average Bonchev–Trinajstić information content (AvgIpc) is 2.63. The van der Waals surface area contributed by atoms with Crippen LogP contribution in [0.5, 0.6) is 0 Å². The second-order valence-electron chi connectivity index (χ2n) is 3.57. The first-order chi connectivity index (χ1) is 6.61. The molecule has 0 N–H and O–H groups in total. The molecule has 0 aromatic rings. The Morgan fingerprint density at radius 3 is 2.86 bits per heavy atom. The molecule has 1 saturated heterocycles. The van der Waals surface area contributed by atoms with Gasteiger partial charge in [-0.1, -0.05) is 13.3 Å². The summed E-state index contributed by atoms with van der Waals surface area (Å²) in [6.07, 6.45) is 3.03. The fraction of sp³-hybridized carbons (Fsp3) is 0.889. The molecule has 1 atom stereocenters. The largest absolute Gasteiger partial charge is 0.215 e. The minimum atomic E-state index is -3.17. The third-order valence-electron chi connectivity index (χ3n) is 2.47. The van der Waals surface area contributed by atoms with Crippen molar-refractivity contribution in [1.82, 2.24) is 4.31 Å². The zero-order chi connectivity index (χ0) is 10.6. The summed E-state index contributed by atoms with van der Waals surface area (Å²) >= 11 is 0. The zero-order valence-electron chi connectivity index (χ0n) is 8.44. The lowest BCUT2D eigenvalue weighted by molar-refractivity contribution is 0.436. The number of nitriles is 1. The highest BCUT2D eigenvalue weighted by Crippen LogP contribution is 2.21. The van der Waals surface area contributed by atoms with Crippen LogP contribution in [0.1, 0.15) is 32.6 Å². The second-order valence-corrected chi connectivity index (χ2v) is 5.61. The van der Waals surface area contributed by atoms with E-state index < -0.39 is 16.1 Å². The van der Waals surface area contributed by atoms with E-state index in [1.807, 2.05) is 13.0 Å². The molecule has 4 nitrogen and oxygen atoms in total. The summed E-state index contributed by atoms with van der Waals surface area (Å²) in [5.74, 6) is 0.182. The maximum absolute atomic E-state index is 11.7. The van der Waals surface area contributed by atoms with Gasteiger partial charge in [-0.3, -0.25) is 0 Å². The van der Waals surface area contributed by atoms with Crippen LogP contribution >= 0.6 is 0 Å². The molecule has 0 unspecified atom stereocenters. The van der Waals surface area contributed by atoms with Crippen molar-refractivity contribution in [2.45, 2.75) is 38.6 Å². The van der Waals surface area contributed by atoms with Gasteiger partial charge in [-0.15, -0.1) is 0 Å². The van der Waals surface area contributed by atoms with Crippen molar-refractivity contribution in [2.24, 2.45) is 0 Å². The Bertz CT molecular complexity index is 318. The van der Waals surface area contributed by atoms with Crippen LogP contribution in [0.25, 0.3) is 0 Å². The van der Waals surface area contributed by atoms with E-state index in [0.717, 1.165) is 12.8 Å². The van der Waals surface area contributed by atoms with Crippen LogP contribution < -0.4 is 0 Å². The van der Waals surface area contributed by atoms with Gasteiger partial charge in [0, 0.05) is 6.54 Å². The predicted molar refractivity (Wildman–Crippen MR) is 54.0 cm³/mol. The molecule has 0 amide bonds. The molecule has 5 heteroatoms. The summed E-state index contributed by atoms with van der Waals surface area (Å²) in [4.78, 5) is 0. The second kappa shape index (κ2) is 4.76. The van der Waals surface area contributed by atoms with Crippen LogP contribution in [0.3, 0.4) is 0 Å². The van der Waals surface area contributed by atoms with Crippen molar-refractivity contribution in [3.8, 4) is 6.07 Å². The smallest absolute Gasteiger partial charge is 0.212 e. The minimum absolute atomic E-state index is 0.182. The number of hydrogen-bond acceptors (Lipinski definition) is 3. The summed E-state index contributed by atoms with van der Waals surface area (Å²) in [6.45, 7) is 2.48. The molecule has 0 saturated carbocycles. The standard InChI is InChI=1S/C9H16N2O2S/c1-2-3-7-14(12,13)11-6-4-5-9(11)8-10/h9H,2-7H2,1H3/t9-/m1/s1. The maximum Gasteiger partial charge on any atom is 0.215 e. The van der Waals surface area contributed by atoms with Gasteiger partial charge in [0.15, 0.2) is 0 Å². The van der Waals surface area contributed by atoms with Crippen LogP contribution in [0.15, 0.2) is 0 Å². The van der Waals surface area contributed by atoms with Gasteiger partial charge in [-0.2, -0.15) is 9.57 Å². The van der Waals surface area contributed by atoms with E-state index >= 15 is 0 Å². The molecule has 0 bridgehead atoms. The van der Waals surface area contributed by atoms with E-state index in [1.165, 1.54) is 4.31 Å². The van der Waals surface area contributed by atoms with Crippen LogP contribution in [0, 0.1) is 11.3 Å². The van der Waals surface area contributed by atoms with Crippen molar-refractivity contribution in [1.29, 1.82) is 5.26 Å². The van der Waals surface area contributed by atoms with Crippen molar-refractivity contribution in [3.05, 3.63) is 0 Å². The predicted octanol–water partition coefficient (Wildman–Crippen LogP) is 1.10. The molecule has 0 aromatic heterocycles. The highest BCUT2D eigenvalue weighted by Gasteiger charge is 2.33. The molecule has 1 aliphatic rings. The quantitative estimate of drug-likeness (QED) is 0.707. The molecule has 1 fully saturated rings. The molecule has 0 spiro atoms. The van der Waals surface area contributed by atoms with E-state index in [4.69, 9.17) is 5.26 Å². The van der Waals surface area contributed by atoms with Gasteiger partial charge in [-0.25, -0.2) is 8.42 Å². The van der Waals surface area contributed by atoms with Crippen molar-refractivity contribution >= 4 is 10.0 Å². The molecule has 0 aromatic carbocycles. The number of rotatable bonds is 4. The average molecular weight is 216 g/mol. The first-order valence-corrected chi connectivity index (χ1v) is 6.62. The Balaban J connectivity index is 2.68. The van der Waals surface area contributed by atoms with E-state index in [9.17, 15) is 8.42 Å². The fourth-order valence-electron chi connectivity index (χ4n) is 1.65.